The Bertz CT molecular complexity index is 872. The van der Waals surface area contributed by atoms with Gasteiger partial charge in [0, 0.05) is 49.9 Å². The molecule has 3 fully saturated rings. The van der Waals surface area contributed by atoms with E-state index in [1.807, 2.05) is 12.1 Å². The van der Waals surface area contributed by atoms with Gasteiger partial charge in [0.15, 0.2) is 11.5 Å². The Morgan fingerprint density at radius 1 is 1.19 bits per heavy atom. The highest BCUT2D eigenvalue weighted by Gasteiger charge is 2.62. The fourth-order valence-electron chi connectivity index (χ4n) is 4.29. The molecule has 2 aromatic rings. The van der Waals surface area contributed by atoms with Gasteiger partial charge < -0.3 is 14.5 Å². The topological polar surface area (TPSA) is 88.5 Å². The highest BCUT2D eigenvalue weighted by atomic mass is 16.5. The first-order chi connectivity index (χ1) is 12.7. The molecule has 3 aliphatic heterocycles. The molecular formula is C18H17N5O3. The molecular weight excluding hydrogens is 334 g/mol. The SMILES string of the molecule is O=C(c1cnc(-c2ccncc2)nc1)N1CC[C@@]23OCCN2C(=O)C[C@@H]13. The van der Waals surface area contributed by atoms with E-state index in [4.69, 9.17) is 4.74 Å². The van der Waals surface area contributed by atoms with E-state index >= 15 is 0 Å². The van der Waals surface area contributed by atoms with Gasteiger partial charge >= 0.3 is 0 Å². The molecule has 0 unspecified atom stereocenters. The fraction of sp³-hybridized carbons (Fsp3) is 0.389. The summed E-state index contributed by atoms with van der Waals surface area (Å²) in [6, 6.07) is 3.40. The van der Waals surface area contributed by atoms with Crippen LogP contribution >= 0.6 is 0 Å². The number of pyridine rings is 1. The third-order valence-corrected chi connectivity index (χ3v) is 5.50. The van der Waals surface area contributed by atoms with Crippen LogP contribution in [0, 0.1) is 0 Å². The number of hydrogen-bond acceptors (Lipinski definition) is 6. The Labute approximate surface area is 149 Å². The number of hydrogen-bond donors (Lipinski definition) is 0. The van der Waals surface area contributed by atoms with Crippen LogP contribution in [0.15, 0.2) is 36.9 Å². The molecule has 2 aromatic heterocycles. The molecule has 0 bridgehead atoms. The minimum absolute atomic E-state index is 0.0642. The molecule has 1 spiro atoms. The van der Waals surface area contributed by atoms with E-state index in [0.717, 1.165) is 5.56 Å². The van der Waals surface area contributed by atoms with Crippen LogP contribution in [0.4, 0.5) is 0 Å². The van der Waals surface area contributed by atoms with E-state index in [1.54, 1.807) is 34.6 Å². The third kappa shape index (κ3) is 2.08. The summed E-state index contributed by atoms with van der Waals surface area (Å²) in [4.78, 5) is 41.4. The fourth-order valence-corrected chi connectivity index (χ4v) is 4.29. The third-order valence-electron chi connectivity index (χ3n) is 5.50. The predicted octanol–water partition coefficient (Wildman–Crippen LogP) is 0.712. The molecule has 5 heterocycles. The molecule has 0 N–H and O–H groups in total. The lowest BCUT2D eigenvalue weighted by Crippen LogP contribution is -2.48. The van der Waals surface area contributed by atoms with E-state index in [9.17, 15) is 9.59 Å². The largest absolute Gasteiger partial charge is 0.351 e. The maximum atomic E-state index is 13.0. The minimum Gasteiger partial charge on any atom is -0.351 e. The maximum Gasteiger partial charge on any atom is 0.257 e. The molecule has 8 heteroatoms. The molecule has 0 aliphatic carbocycles. The molecule has 3 saturated heterocycles. The van der Waals surface area contributed by atoms with E-state index in [1.165, 1.54) is 0 Å². The summed E-state index contributed by atoms with van der Waals surface area (Å²) in [5.74, 6) is 0.454. The van der Waals surface area contributed by atoms with Crippen molar-refractivity contribution in [3.8, 4) is 11.4 Å². The van der Waals surface area contributed by atoms with Gasteiger partial charge in [-0.05, 0) is 12.1 Å². The van der Waals surface area contributed by atoms with Gasteiger partial charge in [0.05, 0.1) is 24.6 Å². The minimum atomic E-state index is -0.620. The number of nitrogens with zero attached hydrogens (tertiary/aromatic N) is 5. The summed E-state index contributed by atoms with van der Waals surface area (Å²) in [6.07, 6.45) is 7.41. The maximum absolute atomic E-state index is 13.0. The molecule has 2 amide bonds. The van der Waals surface area contributed by atoms with Gasteiger partial charge in [-0.2, -0.15) is 0 Å². The van der Waals surface area contributed by atoms with Crippen molar-refractivity contribution in [2.75, 3.05) is 19.7 Å². The summed E-state index contributed by atoms with van der Waals surface area (Å²) in [6.45, 7) is 1.72. The predicted molar refractivity (Wildman–Crippen MR) is 89.7 cm³/mol. The second-order valence-corrected chi connectivity index (χ2v) is 6.74. The zero-order chi connectivity index (χ0) is 17.7. The standard InChI is InChI=1S/C18H17N5O3/c24-15-9-14-18(23(15)7-8-26-18)3-6-22(14)17(25)13-10-20-16(21-11-13)12-1-4-19-5-2-12/h1-2,4-5,10-11,14H,3,6-9H2/t14-,18+/m1/s1. The number of carbonyl (C=O) groups is 2. The molecule has 0 saturated carbocycles. The van der Waals surface area contributed by atoms with Gasteiger partial charge in [-0.15, -0.1) is 0 Å². The summed E-state index contributed by atoms with van der Waals surface area (Å²) >= 11 is 0. The number of rotatable bonds is 2. The normalized spacial score (nSPS) is 26.9. The van der Waals surface area contributed by atoms with Crippen LogP contribution in [-0.2, 0) is 9.53 Å². The van der Waals surface area contributed by atoms with Crippen molar-refractivity contribution in [1.29, 1.82) is 0 Å². The van der Waals surface area contributed by atoms with Gasteiger partial charge in [0.25, 0.3) is 5.91 Å². The summed E-state index contributed by atoms with van der Waals surface area (Å²) in [5.41, 5.74) is 0.643. The Hall–Kier alpha value is -2.87. The van der Waals surface area contributed by atoms with Crippen LogP contribution in [0.3, 0.4) is 0 Å². The number of carbonyl (C=O) groups excluding carboxylic acids is 2. The van der Waals surface area contributed by atoms with Crippen molar-refractivity contribution in [2.45, 2.75) is 24.6 Å². The highest BCUT2D eigenvalue weighted by Crippen LogP contribution is 2.45. The van der Waals surface area contributed by atoms with Gasteiger partial charge in [-0.25, -0.2) is 9.97 Å². The van der Waals surface area contributed by atoms with Crippen molar-refractivity contribution < 1.29 is 14.3 Å². The molecule has 8 nitrogen and oxygen atoms in total. The van der Waals surface area contributed by atoms with Crippen molar-refractivity contribution >= 4 is 11.8 Å². The van der Waals surface area contributed by atoms with Crippen LogP contribution in [0.1, 0.15) is 23.2 Å². The zero-order valence-corrected chi connectivity index (χ0v) is 14.0. The molecule has 0 radical (unpaired) electrons. The van der Waals surface area contributed by atoms with Crippen molar-refractivity contribution in [2.24, 2.45) is 0 Å². The lowest BCUT2D eigenvalue weighted by atomic mass is 10.1. The number of ether oxygens (including phenoxy) is 1. The van der Waals surface area contributed by atoms with Crippen molar-refractivity contribution in [1.82, 2.24) is 24.8 Å². The summed E-state index contributed by atoms with van der Waals surface area (Å²) < 4.78 is 5.93. The Kier molecular flexibility index (Phi) is 3.30. The van der Waals surface area contributed by atoms with E-state index in [2.05, 4.69) is 15.0 Å². The smallest absolute Gasteiger partial charge is 0.257 e. The van der Waals surface area contributed by atoms with Gasteiger partial charge in [0.2, 0.25) is 5.91 Å². The molecule has 5 rings (SSSR count). The van der Waals surface area contributed by atoms with Crippen LogP contribution in [-0.4, -0.2) is 68.0 Å². The summed E-state index contributed by atoms with van der Waals surface area (Å²) in [5, 5.41) is 0. The van der Waals surface area contributed by atoms with Crippen LogP contribution < -0.4 is 0 Å². The van der Waals surface area contributed by atoms with Gasteiger partial charge in [-0.3, -0.25) is 14.6 Å². The van der Waals surface area contributed by atoms with E-state index in [0.29, 0.717) is 43.9 Å². The second kappa shape index (κ2) is 5.57. The Morgan fingerprint density at radius 3 is 2.73 bits per heavy atom. The van der Waals surface area contributed by atoms with Crippen molar-refractivity contribution in [3.63, 3.8) is 0 Å². The van der Waals surface area contributed by atoms with Crippen LogP contribution in [0.25, 0.3) is 11.4 Å². The zero-order valence-electron chi connectivity index (χ0n) is 14.0. The first kappa shape index (κ1) is 15.4. The molecule has 0 aromatic carbocycles. The number of aromatic nitrogens is 3. The molecule has 2 atom stereocenters. The lowest BCUT2D eigenvalue weighted by Gasteiger charge is -2.31. The van der Waals surface area contributed by atoms with E-state index in [-0.39, 0.29) is 17.9 Å². The average Bonchev–Trinajstić information content (AvgIpc) is 3.33. The molecule has 3 aliphatic rings. The number of amides is 2. The average molecular weight is 351 g/mol. The second-order valence-electron chi connectivity index (χ2n) is 6.74. The van der Waals surface area contributed by atoms with Crippen LogP contribution in [0.5, 0.6) is 0 Å². The quantitative estimate of drug-likeness (QED) is 0.792. The highest BCUT2D eigenvalue weighted by molar-refractivity contribution is 5.95. The number of likely N-dealkylation sites (tertiary alicyclic amines) is 1. The molecule has 26 heavy (non-hydrogen) atoms. The monoisotopic (exact) mass is 351 g/mol. The Morgan fingerprint density at radius 2 is 1.96 bits per heavy atom. The molecule has 132 valence electrons. The first-order valence-electron chi connectivity index (χ1n) is 8.67. The van der Waals surface area contributed by atoms with Gasteiger partial charge in [0.1, 0.15) is 0 Å². The van der Waals surface area contributed by atoms with Gasteiger partial charge in [-0.1, -0.05) is 0 Å². The Balaban J connectivity index is 1.40. The first-order valence-corrected chi connectivity index (χ1v) is 8.67. The van der Waals surface area contributed by atoms with Crippen molar-refractivity contribution in [3.05, 3.63) is 42.5 Å². The van der Waals surface area contributed by atoms with E-state index < -0.39 is 5.72 Å². The summed E-state index contributed by atoms with van der Waals surface area (Å²) in [7, 11) is 0. The lowest BCUT2D eigenvalue weighted by molar-refractivity contribution is -0.136. The van der Waals surface area contributed by atoms with Crippen LogP contribution in [0.2, 0.25) is 0 Å².